The number of aliphatic imine (C=N–C) groups is 1. The summed E-state index contributed by atoms with van der Waals surface area (Å²) >= 11 is 0. The van der Waals surface area contributed by atoms with Crippen molar-refractivity contribution in [2.75, 3.05) is 7.05 Å². The molecule has 1 saturated heterocycles. The zero-order valence-corrected chi connectivity index (χ0v) is 17.4. The van der Waals surface area contributed by atoms with Gasteiger partial charge in [0.15, 0.2) is 0 Å². The quantitative estimate of drug-likeness (QED) is 0.424. The topological polar surface area (TPSA) is 28.5 Å². The van der Waals surface area contributed by atoms with Crippen molar-refractivity contribution >= 4 is 17.5 Å². The van der Waals surface area contributed by atoms with Gasteiger partial charge in [0.1, 0.15) is 5.84 Å². The van der Waals surface area contributed by atoms with Crippen molar-refractivity contribution in [2.24, 2.45) is 4.99 Å². The van der Waals surface area contributed by atoms with Crippen molar-refractivity contribution in [2.45, 2.75) is 38.6 Å². The van der Waals surface area contributed by atoms with Gasteiger partial charge in [0.25, 0.3) is 0 Å². The third kappa shape index (κ3) is 4.82. The van der Waals surface area contributed by atoms with Crippen LogP contribution < -0.4 is 0 Å². The first-order valence-electron chi connectivity index (χ1n) is 10.2. The van der Waals surface area contributed by atoms with Gasteiger partial charge in [0, 0.05) is 25.2 Å². The average Bonchev–Trinajstić information content (AvgIpc) is 2.78. The van der Waals surface area contributed by atoms with Crippen LogP contribution in [0.4, 0.5) is 0 Å². The van der Waals surface area contributed by atoms with Crippen molar-refractivity contribution in [3.63, 3.8) is 0 Å². The van der Waals surface area contributed by atoms with E-state index < -0.39 is 0 Å². The van der Waals surface area contributed by atoms with E-state index in [1.807, 2.05) is 24.4 Å². The number of rotatable bonds is 6. The lowest BCUT2D eigenvalue weighted by Gasteiger charge is -2.35. The Kier molecular flexibility index (Phi) is 6.99. The number of hydrogen-bond acceptors (Lipinski definition) is 2. The molecule has 0 radical (unpaired) electrons. The van der Waals surface area contributed by atoms with Crippen LogP contribution in [0.5, 0.6) is 0 Å². The molecule has 1 aliphatic rings. The number of nitrogens with zero attached hydrogens (tertiary/aromatic N) is 3. The van der Waals surface area contributed by atoms with Gasteiger partial charge in [0.05, 0.1) is 17.4 Å². The van der Waals surface area contributed by atoms with E-state index in [2.05, 4.69) is 73.1 Å². The van der Waals surface area contributed by atoms with Gasteiger partial charge in [-0.15, -0.1) is 5.73 Å². The van der Waals surface area contributed by atoms with E-state index in [4.69, 9.17) is 4.99 Å². The van der Waals surface area contributed by atoms with Gasteiger partial charge in [-0.05, 0) is 48.6 Å². The molecule has 0 spiro atoms. The van der Waals surface area contributed by atoms with E-state index in [0.29, 0.717) is 6.04 Å². The first-order chi connectivity index (χ1) is 14.2. The van der Waals surface area contributed by atoms with E-state index in [1.165, 1.54) is 5.56 Å². The first-order valence-corrected chi connectivity index (χ1v) is 10.2. The fourth-order valence-corrected chi connectivity index (χ4v) is 3.80. The van der Waals surface area contributed by atoms with Crippen LogP contribution in [-0.4, -0.2) is 22.8 Å². The maximum atomic E-state index is 5.13. The Hall–Kier alpha value is -3.16. The number of benzene rings is 1. The van der Waals surface area contributed by atoms with E-state index in [9.17, 15) is 0 Å². The Morgan fingerprint density at radius 3 is 2.69 bits per heavy atom. The van der Waals surface area contributed by atoms with Gasteiger partial charge in [-0.1, -0.05) is 56.5 Å². The molecule has 0 aliphatic carbocycles. The molecule has 2 aromatic rings. The molecule has 0 bridgehead atoms. The van der Waals surface area contributed by atoms with Crippen LogP contribution in [-0.2, 0) is 0 Å². The van der Waals surface area contributed by atoms with Crippen LogP contribution in [0.25, 0.3) is 11.6 Å². The van der Waals surface area contributed by atoms with Gasteiger partial charge >= 0.3 is 0 Å². The number of hydrogen-bond donors (Lipinski definition) is 0. The summed E-state index contributed by atoms with van der Waals surface area (Å²) in [5.74, 6) is 1.12. The summed E-state index contributed by atoms with van der Waals surface area (Å²) in [6, 6.07) is 14.8. The second-order valence-corrected chi connectivity index (χ2v) is 7.20. The van der Waals surface area contributed by atoms with Crippen LogP contribution in [0.1, 0.15) is 55.5 Å². The van der Waals surface area contributed by atoms with Crippen LogP contribution in [0, 0.1) is 0 Å². The Morgan fingerprint density at radius 2 is 2.07 bits per heavy atom. The Labute approximate surface area is 174 Å². The Morgan fingerprint density at radius 1 is 1.28 bits per heavy atom. The number of piperidine rings is 1. The summed E-state index contributed by atoms with van der Waals surface area (Å²) in [4.78, 5) is 11.9. The molecule has 1 atom stereocenters. The number of amidine groups is 1. The zero-order valence-electron chi connectivity index (χ0n) is 17.4. The van der Waals surface area contributed by atoms with Gasteiger partial charge in [-0.2, -0.15) is 0 Å². The molecule has 1 aliphatic heterocycles. The molecular weight excluding hydrogens is 354 g/mol. The summed E-state index contributed by atoms with van der Waals surface area (Å²) in [5, 5.41) is 0. The molecular formula is C26H29N3. The molecule has 29 heavy (non-hydrogen) atoms. The predicted molar refractivity (Wildman–Crippen MR) is 123 cm³/mol. The minimum absolute atomic E-state index is 0.294. The maximum absolute atomic E-state index is 5.13. The average molecular weight is 384 g/mol. The Balaban J connectivity index is 1.97. The molecule has 1 unspecified atom stereocenters. The van der Waals surface area contributed by atoms with E-state index in [-0.39, 0.29) is 0 Å². The second kappa shape index (κ2) is 9.86. The lowest BCUT2D eigenvalue weighted by atomic mass is 9.96. The van der Waals surface area contributed by atoms with Gasteiger partial charge in [-0.3, -0.25) is 4.98 Å². The second-order valence-electron chi connectivity index (χ2n) is 7.20. The number of aromatic nitrogens is 1. The van der Waals surface area contributed by atoms with Crippen molar-refractivity contribution < 1.29 is 0 Å². The predicted octanol–water partition coefficient (Wildman–Crippen LogP) is 6.44. The van der Waals surface area contributed by atoms with E-state index in [0.717, 1.165) is 54.0 Å². The summed E-state index contributed by atoms with van der Waals surface area (Å²) in [7, 11) is 2.14. The number of likely N-dealkylation sites (tertiary alicyclic amines) is 1. The van der Waals surface area contributed by atoms with Crippen molar-refractivity contribution in [1.29, 1.82) is 0 Å². The van der Waals surface area contributed by atoms with Crippen molar-refractivity contribution in [3.8, 4) is 0 Å². The fourth-order valence-electron chi connectivity index (χ4n) is 3.80. The SMILES string of the molecule is C=C=C/C(=C(CC)\N=C1\CCCC(c2ccc(C=C)nc2)N1C)c1ccccc1. The molecule has 0 N–H and O–H groups in total. The monoisotopic (exact) mass is 383 g/mol. The normalized spacial score (nSPS) is 18.8. The van der Waals surface area contributed by atoms with Gasteiger partial charge < -0.3 is 4.90 Å². The fraction of sp³-hybridized carbons (Fsp3) is 0.269. The minimum atomic E-state index is 0.294. The number of pyridine rings is 1. The molecule has 2 heterocycles. The largest absolute Gasteiger partial charge is 0.356 e. The van der Waals surface area contributed by atoms with E-state index in [1.54, 1.807) is 6.08 Å². The van der Waals surface area contributed by atoms with Crippen LogP contribution in [0.15, 0.2) is 84.3 Å². The molecule has 3 heteroatoms. The zero-order chi connectivity index (χ0) is 20.6. The van der Waals surface area contributed by atoms with Gasteiger partial charge in [0.2, 0.25) is 0 Å². The summed E-state index contributed by atoms with van der Waals surface area (Å²) < 4.78 is 0. The Bertz CT molecular complexity index is 945. The molecule has 0 saturated carbocycles. The van der Waals surface area contributed by atoms with Crippen LogP contribution in [0.3, 0.4) is 0 Å². The van der Waals surface area contributed by atoms with Crippen LogP contribution in [0.2, 0.25) is 0 Å². The summed E-state index contributed by atoms with van der Waals surface area (Å²) in [6.45, 7) is 9.72. The molecule has 1 aromatic heterocycles. The lowest BCUT2D eigenvalue weighted by molar-refractivity contribution is 0.313. The molecule has 1 fully saturated rings. The molecule has 148 valence electrons. The highest BCUT2D eigenvalue weighted by atomic mass is 15.2. The lowest BCUT2D eigenvalue weighted by Crippen LogP contribution is -2.35. The number of allylic oxidation sites excluding steroid dienone is 3. The van der Waals surface area contributed by atoms with Gasteiger partial charge in [-0.25, -0.2) is 4.99 Å². The first kappa shape index (κ1) is 20.6. The highest BCUT2D eigenvalue weighted by Gasteiger charge is 2.25. The molecule has 1 aromatic carbocycles. The van der Waals surface area contributed by atoms with E-state index >= 15 is 0 Å². The standard InChI is InChI=1S/C26H29N3/c1-5-12-23(20-13-9-8-10-14-20)24(7-3)28-26-16-11-15-25(29(26)4)21-17-18-22(6-2)27-19-21/h6,8-10,12-14,17-19,25H,1-2,7,11,15-16H2,3-4H3/b24-23+,28-26-. The third-order valence-electron chi connectivity index (χ3n) is 5.40. The molecule has 0 amide bonds. The maximum Gasteiger partial charge on any atom is 0.105 e. The summed E-state index contributed by atoms with van der Waals surface area (Å²) in [6.07, 6.45) is 9.73. The smallest absolute Gasteiger partial charge is 0.105 e. The van der Waals surface area contributed by atoms with Crippen LogP contribution >= 0.6 is 0 Å². The molecule has 3 rings (SSSR count). The van der Waals surface area contributed by atoms with Crippen molar-refractivity contribution in [1.82, 2.24) is 9.88 Å². The third-order valence-corrected chi connectivity index (χ3v) is 5.40. The van der Waals surface area contributed by atoms with Crippen molar-refractivity contribution in [3.05, 3.63) is 96.1 Å². The minimum Gasteiger partial charge on any atom is -0.356 e. The summed E-state index contributed by atoms with van der Waals surface area (Å²) in [5.41, 5.74) is 8.36. The highest BCUT2D eigenvalue weighted by Crippen LogP contribution is 2.32. The highest BCUT2D eigenvalue weighted by molar-refractivity contribution is 5.86. The molecule has 3 nitrogen and oxygen atoms in total.